The summed E-state index contributed by atoms with van der Waals surface area (Å²) < 4.78 is 10.6. The van der Waals surface area contributed by atoms with Gasteiger partial charge in [-0.05, 0) is 33.8 Å². The Balaban J connectivity index is 2.91. The van der Waals surface area contributed by atoms with Crippen molar-refractivity contribution in [2.75, 3.05) is 13.7 Å². The van der Waals surface area contributed by atoms with Crippen LogP contribution in [0.5, 0.6) is 5.75 Å². The fourth-order valence-corrected chi connectivity index (χ4v) is 1.84. The third-order valence-electron chi connectivity index (χ3n) is 2.69. The first-order chi connectivity index (χ1) is 9.26. The van der Waals surface area contributed by atoms with Crippen molar-refractivity contribution in [3.63, 3.8) is 0 Å². The Morgan fingerprint density at radius 2 is 2.05 bits per heavy atom. The van der Waals surface area contributed by atoms with Crippen molar-refractivity contribution in [1.29, 1.82) is 0 Å². The van der Waals surface area contributed by atoms with Crippen LogP contribution in [0.25, 0.3) is 0 Å². The molecule has 0 spiro atoms. The number of carbonyl (C=O) groups is 1. The number of benzene rings is 1. The van der Waals surface area contributed by atoms with E-state index in [1.54, 1.807) is 7.11 Å². The zero-order chi connectivity index (χ0) is 15.3. The van der Waals surface area contributed by atoms with Gasteiger partial charge in [-0.3, -0.25) is 0 Å². The molecule has 3 N–H and O–H groups in total. The van der Waals surface area contributed by atoms with Gasteiger partial charge in [0.05, 0.1) is 13.2 Å². The molecule has 1 aromatic carbocycles. The lowest BCUT2D eigenvalue weighted by molar-refractivity contribution is 0.0505. The average Bonchev–Trinajstić information content (AvgIpc) is 2.33. The van der Waals surface area contributed by atoms with Crippen LogP contribution >= 0.6 is 0 Å². The van der Waals surface area contributed by atoms with Gasteiger partial charge in [0.2, 0.25) is 0 Å². The van der Waals surface area contributed by atoms with Crippen LogP contribution < -0.4 is 15.8 Å². The summed E-state index contributed by atoms with van der Waals surface area (Å²) in [7, 11) is 1.59. The summed E-state index contributed by atoms with van der Waals surface area (Å²) in [4.78, 5) is 11.9. The minimum atomic E-state index is -0.542. The minimum absolute atomic E-state index is 0.263. The summed E-state index contributed by atoms with van der Waals surface area (Å²) in [6, 6.07) is 5.42. The average molecular weight is 280 g/mol. The highest BCUT2D eigenvalue weighted by atomic mass is 16.6. The SMILES string of the molecule is COc1ccc(C)cc1C(CN)NC(=O)OC(C)(C)C. The van der Waals surface area contributed by atoms with Gasteiger partial charge in [0.25, 0.3) is 0 Å². The van der Waals surface area contributed by atoms with Crippen molar-refractivity contribution in [1.82, 2.24) is 5.32 Å². The van der Waals surface area contributed by atoms with Crippen LogP contribution in [0.3, 0.4) is 0 Å². The lowest BCUT2D eigenvalue weighted by Crippen LogP contribution is -2.37. The monoisotopic (exact) mass is 280 g/mol. The topological polar surface area (TPSA) is 73.6 Å². The minimum Gasteiger partial charge on any atom is -0.496 e. The van der Waals surface area contributed by atoms with E-state index in [1.807, 2.05) is 45.9 Å². The van der Waals surface area contributed by atoms with E-state index < -0.39 is 11.7 Å². The number of nitrogens with two attached hydrogens (primary N) is 1. The second-order valence-electron chi connectivity index (χ2n) is 5.68. The van der Waals surface area contributed by atoms with E-state index in [-0.39, 0.29) is 12.6 Å². The van der Waals surface area contributed by atoms with Gasteiger partial charge in [0.1, 0.15) is 11.4 Å². The molecule has 112 valence electrons. The van der Waals surface area contributed by atoms with Gasteiger partial charge in [-0.15, -0.1) is 0 Å². The first-order valence-corrected chi connectivity index (χ1v) is 6.61. The van der Waals surface area contributed by atoms with Crippen LogP contribution in [0, 0.1) is 6.92 Å². The molecule has 20 heavy (non-hydrogen) atoms. The normalized spacial score (nSPS) is 12.7. The van der Waals surface area contributed by atoms with Gasteiger partial charge in [-0.2, -0.15) is 0 Å². The van der Waals surface area contributed by atoms with E-state index in [0.29, 0.717) is 5.75 Å². The summed E-state index contributed by atoms with van der Waals surface area (Å²) in [5.41, 5.74) is 7.15. The molecule has 1 rings (SSSR count). The van der Waals surface area contributed by atoms with E-state index in [1.165, 1.54) is 0 Å². The molecule has 0 saturated heterocycles. The molecule has 0 aliphatic carbocycles. The number of ether oxygens (including phenoxy) is 2. The van der Waals surface area contributed by atoms with E-state index >= 15 is 0 Å². The molecule has 0 aliphatic rings. The third kappa shape index (κ3) is 4.74. The first-order valence-electron chi connectivity index (χ1n) is 6.61. The summed E-state index contributed by atoms with van der Waals surface area (Å²) in [6.07, 6.45) is -0.489. The van der Waals surface area contributed by atoms with E-state index in [0.717, 1.165) is 11.1 Å². The standard InChI is InChI=1S/C15H24N2O3/c1-10-6-7-13(19-5)11(8-10)12(9-16)17-14(18)20-15(2,3)4/h6-8,12H,9,16H2,1-5H3,(H,17,18). The molecule has 0 radical (unpaired) electrons. The zero-order valence-electron chi connectivity index (χ0n) is 12.8. The Morgan fingerprint density at radius 3 is 2.55 bits per heavy atom. The van der Waals surface area contributed by atoms with E-state index in [9.17, 15) is 4.79 Å². The number of carbonyl (C=O) groups excluding carboxylic acids is 1. The number of alkyl carbamates (subject to hydrolysis) is 1. The second-order valence-corrected chi connectivity index (χ2v) is 5.68. The fourth-order valence-electron chi connectivity index (χ4n) is 1.84. The molecule has 0 aromatic heterocycles. The van der Waals surface area contributed by atoms with E-state index in [4.69, 9.17) is 15.2 Å². The van der Waals surface area contributed by atoms with Crippen molar-refractivity contribution in [2.45, 2.75) is 39.3 Å². The lowest BCUT2D eigenvalue weighted by atomic mass is 10.0. The maximum absolute atomic E-state index is 11.9. The number of nitrogens with one attached hydrogen (secondary N) is 1. The molecule has 0 aliphatic heterocycles. The third-order valence-corrected chi connectivity index (χ3v) is 2.69. The first kappa shape index (κ1) is 16.3. The molecule has 1 atom stereocenters. The van der Waals surface area contributed by atoms with Crippen LogP contribution in [0.1, 0.15) is 37.9 Å². The Kier molecular flexibility index (Phi) is 5.39. The fraction of sp³-hybridized carbons (Fsp3) is 0.533. The number of methoxy groups -OCH3 is 1. The molecule has 1 aromatic rings. The quantitative estimate of drug-likeness (QED) is 0.889. The molecular formula is C15H24N2O3. The van der Waals surface area contributed by atoms with Gasteiger partial charge in [0.15, 0.2) is 0 Å². The highest BCUT2D eigenvalue weighted by Gasteiger charge is 2.21. The second kappa shape index (κ2) is 6.61. The molecule has 5 nitrogen and oxygen atoms in total. The van der Waals surface area contributed by atoms with Crippen LogP contribution in [0.15, 0.2) is 18.2 Å². The van der Waals surface area contributed by atoms with Crippen molar-refractivity contribution in [3.8, 4) is 5.75 Å². The maximum Gasteiger partial charge on any atom is 0.408 e. The number of rotatable bonds is 4. The highest BCUT2D eigenvalue weighted by molar-refractivity contribution is 5.68. The van der Waals surface area contributed by atoms with Gasteiger partial charge >= 0.3 is 6.09 Å². The van der Waals surface area contributed by atoms with Gasteiger partial charge in [-0.1, -0.05) is 17.7 Å². The van der Waals surface area contributed by atoms with Crippen LogP contribution in [0.2, 0.25) is 0 Å². The number of hydrogen-bond acceptors (Lipinski definition) is 4. The van der Waals surface area contributed by atoms with E-state index in [2.05, 4.69) is 5.32 Å². The van der Waals surface area contributed by atoms with Crippen molar-refractivity contribution < 1.29 is 14.3 Å². The van der Waals surface area contributed by atoms with Gasteiger partial charge in [-0.25, -0.2) is 4.79 Å². The molecule has 0 bridgehead atoms. The number of amides is 1. The highest BCUT2D eigenvalue weighted by Crippen LogP contribution is 2.26. The Labute approximate surface area is 120 Å². The zero-order valence-corrected chi connectivity index (χ0v) is 12.8. The van der Waals surface area contributed by atoms with Crippen LogP contribution in [-0.4, -0.2) is 25.3 Å². The smallest absolute Gasteiger partial charge is 0.408 e. The summed E-state index contributed by atoms with van der Waals surface area (Å²) >= 11 is 0. The molecule has 0 fully saturated rings. The number of hydrogen-bond donors (Lipinski definition) is 2. The maximum atomic E-state index is 11.9. The largest absolute Gasteiger partial charge is 0.496 e. The Hall–Kier alpha value is -1.75. The molecule has 1 amide bonds. The number of aryl methyl sites for hydroxylation is 1. The van der Waals surface area contributed by atoms with Crippen molar-refractivity contribution in [2.24, 2.45) is 5.73 Å². The molecule has 1 unspecified atom stereocenters. The Morgan fingerprint density at radius 1 is 1.40 bits per heavy atom. The van der Waals surface area contributed by atoms with Gasteiger partial charge < -0.3 is 20.5 Å². The lowest BCUT2D eigenvalue weighted by Gasteiger charge is -2.24. The van der Waals surface area contributed by atoms with Crippen molar-refractivity contribution >= 4 is 6.09 Å². The summed E-state index contributed by atoms with van der Waals surface area (Å²) in [6.45, 7) is 7.69. The predicted molar refractivity (Wildman–Crippen MR) is 78.9 cm³/mol. The van der Waals surface area contributed by atoms with Crippen LogP contribution in [0.4, 0.5) is 4.79 Å². The predicted octanol–water partition coefficient (Wildman–Crippen LogP) is 2.53. The summed E-state index contributed by atoms with van der Waals surface area (Å²) in [5.74, 6) is 0.696. The van der Waals surface area contributed by atoms with Crippen molar-refractivity contribution in [3.05, 3.63) is 29.3 Å². The molecule has 5 heteroatoms. The molecular weight excluding hydrogens is 256 g/mol. The Bertz CT molecular complexity index is 467. The van der Waals surface area contributed by atoms with Gasteiger partial charge in [0, 0.05) is 12.1 Å². The van der Waals surface area contributed by atoms with Crippen LogP contribution in [-0.2, 0) is 4.74 Å². The summed E-state index contributed by atoms with van der Waals surface area (Å²) in [5, 5.41) is 2.78. The molecule has 0 heterocycles. The molecule has 0 saturated carbocycles.